The number of halogens is 1. The summed E-state index contributed by atoms with van der Waals surface area (Å²) in [5.41, 5.74) is 0.812. The number of rotatable bonds is 7. The van der Waals surface area contributed by atoms with Crippen LogP contribution < -0.4 is 9.04 Å². The fraction of sp³-hybridized carbons (Fsp3) is 0.0870. The van der Waals surface area contributed by atoms with Crippen LogP contribution in [0.1, 0.15) is 12.5 Å². The number of sulfonamides is 1. The number of amides is 1. The topological polar surface area (TPSA) is 63.7 Å². The minimum absolute atomic E-state index is 0.0124. The van der Waals surface area contributed by atoms with E-state index >= 15 is 0 Å². The maximum Gasteiger partial charge on any atom is 0.271 e. The van der Waals surface area contributed by atoms with E-state index in [2.05, 4.69) is 0 Å². The maximum atomic E-state index is 13.3. The second kappa shape index (κ2) is 9.61. The molecule has 3 rings (SSSR count). The Morgan fingerprint density at radius 2 is 1.60 bits per heavy atom. The van der Waals surface area contributed by atoms with Gasteiger partial charge in [-0.05, 0) is 61.0 Å². The van der Waals surface area contributed by atoms with E-state index in [0.717, 1.165) is 4.31 Å². The van der Waals surface area contributed by atoms with Crippen LogP contribution in [0, 0.1) is 0 Å². The molecule has 5 nitrogen and oxygen atoms in total. The van der Waals surface area contributed by atoms with Crippen LogP contribution in [0.25, 0.3) is 6.08 Å². The van der Waals surface area contributed by atoms with E-state index in [1.165, 1.54) is 36.4 Å². The highest BCUT2D eigenvalue weighted by Gasteiger charge is 2.29. The predicted molar refractivity (Wildman–Crippen MR) is 119 cm³/mol. The Labute approximate surface area is 181 Å². The number of carbonyl (C=O) groups excluding carboxylic acids is 1. The maximum absolute atomic E-state index is 13.3. The summed E-state index contributed by atoms with van der Waals surface area (Å²) in [4.78, 5) is 13.1. The highest BCUT2D eigenvalue weighted by molar-refractivity contribution is 7.93. The van der Waals surface area contributed by atoms with Crippen molar-refractivity contribution in [3.8, 4) is 5.75 Å². The van der Waals surface area contributed by atoms with Gasteiger partial charge in [0.15, 0.2) is 0 Å². The van der Waals surface area contributed by atoms with Crippen LogP contribution in [-0.4, -0.2) is 20.9 Å². The molecule has 0 radical (unpaired) electrons. The molecule has 0 fully saturated rings. The van der Waals surface area contributed by atoms with Crippen molar-refractivity contribution in [1.29, 1.82) is 0 Å². The third-order valence-corrected chi connectivity index (χ3v) is 6.26. The van der Waals surface area contributed by atoms with Gasteiger partial charge in [-0.15, -0.1) is 0 Å². The molecule has 0 aliphatic rings. The largest absolute Gasteiger partial charge is 0.494 e. The molecule has 7 heteroatoms. The molecule has 0 saturated carbocycles. The molecular formula is C23H20ClNO4S. The van der Waals surface area contributed by atoms with Crippen molar-refractivity contribution in [3.05, 3.63) is 95.5 Å². The second-order valence-corrected chi connectivity index (χ2v) is 8.40. The zero-order valence-corrected chi connectivity index (χ0v) is 17.8. The van der Waals surface area contributed by atoms with Crippen LogP contribution in [0.2, 0.25) is 5.02 Å². The molecule has 30 heavy (non-hydrogen) atoms. The molecule has 0 N–H and O–H groups in total. The van der Waals surface area contributed by atoms with E-state index in [9.17, 15) is 13.2 Å². The lowest BCUT2D eigenvalue weighted by molar-refractivity contribution is -0.113. The molecule has 0 heterocycles. The third kappa shape index (κ3) is 4.90. The lowest BCUT2D eigenvalue weighted by Crippen LogP contribution is -2.35. The van der Waals surface area contributed by atoms with Gasteiger partial charge in [-0.3, -0.25) is 4.79 Å². The van der Waals surface area contributed by atoms with E-state index in [1.54, 1.807) is 54.6 Å². The summed E-state index contributed by atoms with van der Waals surface area (Å²) >= 11 is 6.13. The first-order chi connectivity index (χ1) is 14.4. The standard InChI is InChI=1S/C23H20ClNO4S/c1-2-29-20-15-13-19(14-16-20)25(30(27,28)21-9-4-3-5-10-21)23(26)17-12-18-8-6-7-11-22(18)24/h3-17H,2H2,1H3/b17-12+. The smallest absolute Gasteiger partial charge is 0.271 e. The predicted octanol–water partition coefficient (Wildman–Crippen LogP) is 5.17. The Kier molecular flexibility index (Phi) is 6.92. The summed E-state index contributed by atoms with van der Waals surface area (Å²) in [5.74, 6) is -0.139. The van der Waals surface area contributed by atoms with Gasteiger partial charge in [0.1, 0.15) is 5.75 Å². The molecule has 0 saturated heterocycles. The van der Waals surface area contributed by atoms with Crippen LogP contribution in [0.4, 0.5) is 5.69 Å². The molecule has 0 unspecified atom stereocenters. The van der Waals surface area contributed by atoms with E-state index < -0.39 is 15.9 Å². The van der Waals surface area contributed by atoms with Gasteiger partial charge >= 0.3 is 0 Å². The summed E-state index contributed by atoms with van der Waals surface area (Å²) in [7, 11) is -4.13. The molecule has 3 aromatic rings. The molecule has 154 valence electrons. The average molecular weight is 442 g/mol. The van der Waals surface area contributed by atoms with E-state index in [-0.39, 0.29) is 10.6 Å². The molecule has 3 aromatic carbocycles. The first kappa shape index (κ1) is 21.6. The first-order valence-corrected chi connectivity index (χ1v) is 11.0. The molecule has 0 aliphatic heterocycles. The fourth-order valence-corrected chi connectivity index (χ4v) is 4.37. The van der Waals surface area contributed by atoms with Gasteiger partial charge < -0.3 is 4.74 Å². The lowest BCUT2D eigenvalue weighted by atomic mass is 10.2. The van der Waals surface area contributed by atoms with Crippen molar-refractivity contribution in [2.75, 3.05) is 10.9 Å². The Hall–Kier alpha value is -3.09. The van der Waals surface area contributed by atoms with Crippen molar-refractivity contribution in [2.24, 2.45) is 0 Å². The van der Waals surface area contributed by atoms with E-state index in [0.29, 0.717) is 22.9 Å². The van der Waals surface area contributed by atoms with Crippen molar-refractivity contribution in [2.45, 2.75) is 11.8 Å². The molecule has 0 aromatic heterocycles. The quantitative estimate of drug-likeness (QED) is 0.474. The molecule has 0 spiro atoms. The second-order valence-electron chi connectivity index (χ2n) is 6.20. The van der Waals surface area contributed by atoms with Crippen molar-refractivity contribution < 1.29 is 17.9 Å². The zero-order chi connectivity index (χ0) is 21.6. The number of carbonyl (C=O) groups is 1. The van der Waals surface area contributed by atoms with Crippen molar-refractivity contribution in [3.63, 3.8) is 0 Å². The number of anilines is 1. The van der Waals surface area contributed by atoms with E-state index in [1.807, 2.05) is 6.92 Å². The zero-order valence-electron chi connectivity index (χ0n) is 16.2. The molecule has 1 amide bonds. The minimum atomic E-state index is -4.13. The summed E-state index contributed by atoms with van der Waals surface area (Å²) in [6, 6.07) is 21.1. The van der Waals surface area contributed by atoms with Crippen LogP contribution in [-0.2, 0) is 14.8 Å². The van der Waals surface area contributed by atoms with Gasteiger partial charge in [-0.1, -0.05) is 48.0 Å². The Balaban J connectivity index is 2.03. The number of hydrogen-bond donors (Lipinski definition) is 0. The third-order valence-electron chi connectivity index (χ3n) is 4.17. The highest BCUT2D eigenvalue weighted by Crippen LogP contribution is 2.27. The molecule has 0 aliphatic carbocycles. The summed E-state index contributed by atoms with van der Waals surface area (Å²) in [6.45, 7) is 2.33. The fourth-order valence-electron chi connectivity index (χ4n) is 2.77. The van der Waals surface area contributed by atoms with Crippen LogP contribution in [0.3, 0.4) is 0 Å². The van der Waals surface area contributed by atoms with E-state index in [4.69, 9.17) is 16.3 Å². The van der Waals surface area contributed by atoms with Crippen LogP contribution in [0.5, 0.6) is 5.75 Å². The molecule has 0 atom stereocenters. The minimum Gasteiger partial charge on any atom is -0.494 e. The van der Waals surface area contributed by atoms with Crippen molar-refractivity contribution >= 4 is 39.3 Å². The average Bonchev–Trinajstić information content (AvgIpc) is 2.75. The number of ether oxygens (including phenoxy) is 1. The van der Waals surface area contributed by atoms with Crippen LogP contribution >= 0.6 is 11.6 Å². The Morgan fingerprint density at radius 3 is 2.23 bits per heavy atom. The van der Waals surface area contributed by atoms with Gasteiger partial charge in [0.05, 0.1) is 17.2 Å². The monoisotopic (exact) mass is 441 g/mol. The Morgan fingerprint density at radius 1 is 0.967 bits per heavy atom. The van der Waals surface area contributed by atoms with Gasteiger partial charge in [-0.2, -0.15) is 4.31 Å². The van der Waals surface area contributed by atoms with Gasteiger partial charge in [0.2, 0.25) is 0 Å². The van der Waals surface area contributed by atoms with Crippen LogP contribution in [0.15, 0.2) is 89.8 Å². The van der Waals surface area contributed by atoms with Gasteiger partial charge in [0.25, 0.3) is 15.9 Å². The number of hydrogen-bond acceptors (Lipinski definition) is 4. The highest BCUT2D eigenvalue weighted by atomic mass is 35.5. The lowest BCUT2D eigenvalue weighted by Gasteiger charge is -2.21. The number of nitrogens with zero attached hydrogens (tertiary/aromatic N) is 1. The number of benzene rings is 3. The summed E-state index contributed by atoms with van der Waals surface area (Å²) < 4.78 is 32.7. The van der Waals surface area contributed by atoms with Gasteiger partial charge in [-0.25, -0.2) is 8.42 Å². The summed E-state index contributed by atoms with van der Waals surface area (Å²) in [6.07, 6.45) is 2.69. The normalized spacial score (nSPS) is 11.4. The molecule has 0 bridgehead atoms. The molecular weight excluding hydrogens is 422 g/mol. The van der Waals surface area contributed by atoms with Gasteiger partial charge in [0, 0.05) is 11.1 Å². The SMILES string of the molecule is CCOc1ccc(N(C(=O)/C=C/c2ccccc2Cl)S(=O)(=O)c2ccccc2)cc1. The Bertz CT molecular complexity index is 1140. The van der Waals surface area contributed by atoms with Crippen molar-refractivity contribution in [1.82, 2.24) is 0 Å². The first-order valence-electron chi connectivity index (χ1n) is 9.23. The summed E-state index contributed by atoms with van der Waals surface area (Å²) in [5, 5.41) is 0.458.